The van der Waals surface area contributed by atoms with Gasteiger partial charge in [0.05, 0.1) is 33.7 Å². The molecule has 0 heterocycles. The van der Waals surface area contributed by atoms with Crippen LogP contribution in [0.15, 0.2) is 46.2 Å². The Kier molecular flexibility index (Phi) is 12.9. The van der Waals surface area contributed by atoms with Gasteiger partial charge in [0.25, 0.3) is 20.2 Å². The number of benzene rings is 2. The van der Waals surface area contributed by atoms with Gasteiger partial charge in [-0.3, -0.25) is 9.11 Å². The van der Waals surface area contributed by atoms with E-state index in [0.29, 0.717) is 24.3 Å². The Morgan fingerprint density at radius 3 is 0.941 bits per heavy atom. The molecule has 2 aromatic carbocycles. The normalized spacial score (nSPS) is 10.4. The summed E-state index contributed by atoms with van der Waals surface area (Å²) in [6, 6.07) is 3.85. The van der Waals surface area contributed by atoms with Crippen molar-refractivity contribution in [3.63, 3.8) is 0 Å². The van der Waals surface area contributed by atoms with Gasteiger partial charge in [-0.25, -0.2) is 0 Å². The topological polar surface area (TPSA) is 269 Å². The molecule has 2 aromatic rings. The van der Waals surface area contributed by atoms with Gasteiger partial charge < -0.3 is 39.6 Å². The number of rotatable bonds is 6. The van der Waals surface area contributed by atoms with Gasteiger partial charge in [-0.15, -0.1) is 0 Å². The maximum atomic E-state index is 10.7. The zero-order valence-electron chi connectivity index (χ0n) is 16.5. The third-order valence-corrected chi connectivity index (χ3v) is 5.16. The van der Waals surface area contributed by atoms with Crippen molar-refractivity contribution >= 4 is 90.2 Å². The summed E-state index contributed by atoms with van der Waals surface area (Å²) in [5.74, 6) is -7.35. The Hall–Kier alpha value is -2.33. The molecule has 0 spiro atoms. The molecule has 0 radical (unpaired) electrons. The molecule has 0 saturated heterocycles. The fraction of sp³-hybridized carbons (Fsp3) is 0. The molecule has 0 aliphatic rings. The summed E-state index contributed by atoms with van der Waals surface area (Å²) < 4.78 is 59.9. The molecule has 34 heavy (non-hydrogen) atoms. The van der Waals surface area contributed by atoms with E-state index in [4.69, 9.17) is 9.11 Å². The van der Waals surface area contributed by atoms with Crippen LogP contribution in [0.25, 0.3) is 0 Å². The van der Waals surface area contributed by atoms with E-state index < -0.39 is 76.2 Å². The average Bonchev–Trinajstić information content (AvgIpc) is 2.65. The molecule has 2 rings (SSSR count). The van der Waals surface area contributed by atoms with Crippen molar-refractivity contribution in [2.45, 2.75) is 9.79 Å². The zero-order chi connectivity index (χ0) is 25.0. The smallest absolute Gasteiger partial charge is 0.545 e. The fourth-order valence-electron chi connectivity index (χ4n) is 2.06. The first-order valence-electron chi connectivity index (χ1n) is 7.55. The van der Waals surface area contributed by atoms with E-state index in [-0.39, 0.29) is 46.1 Å². The number of carboxylic acids is 4. The second kappa shape index (κ2) is 12.9. The van der Waals surface area contributed by atoms with E-state index in [2.05, 4.69) is 0 Å². The van der Waals surface area contributed by atoms with Gasteiger partial charge in [0.1, 0.15) is 0 Å². The maximum absolute atomic E-state index is 10.7. The molecule has 0 atom stereocenters. The average molecular weight is 537 g/mol. The third-order valence-electron chi connectivity index (χ3n) is 3.46. The standard InChI is InChI=1S/2C8H6O7S.2Mg/c2*9-7(10)5-2-1-4(16(13,14)15)3-6(5)8(11)12;;/h2*1-3H,(H,9,10)(H,11,12)(H,13,14,15);;/q;;2*+2/p-4. The van der Waals surface area contributed by atoms with Crippen molar-refractivity contribution in [3.8, 4) is 0 Å². The number of aromatic carboxylic acids is 4. The van der Waals surface area contributed by atoms with Crippen molar-refractivity contribution in [1.29, 1.82) is 0 Å². The SMILES string of the molecule is O=C([O-])c1ccc(S(=O)(=O)O)cc1C(=O)[O-].O=C([O-])c1ccc(S(=O)(=O)O)cc1C(=O)[O-].[Mg+2].[Mg+2]. The van der Waals surface area contributed by atoms with E-state index in [9.17, 15) is 56.4 Å². The monoisotopic (exact) mass is 536 g/mol. The van der Waals surface area contributed by atoms with Crippen LogP contribution in [0.2, 0.25) is 0 Å². The minimum Gasteiger partial charge on any atom is -0.545 e. The molecule has 0 saturated carbocycles. The second-order valence-electron chi connectivity index (χ2n) is 5.51. The summed E-state index contributed by atoms with van der Waals surface area (Å²) in [4.78, 5) is 40.5. The molecular weight excluding hydrogens is 529 g/mol. The Morgan fingerprint density at radius 1 is 0.529 bits per heavy atom. The molecular formula is C16H8Mg2O14S2. The predicted molar refractivity (Wildman–Crippen MR) is 101 cm³/mol. The van der Waals surface area contributed by atoms with E-state index in [1.54, 1.807) is 0 Å². The largest absolute Gasteiger partial charge is 2.00 e. The number of hydrogen-bond acceptors (Lipinski definition) is 12. The number of hydrogen-bond donors (Lipinski definition) is 2. The Morgan fingerprint density at radius 2 is 0.765 bits per heavy atom. The molecule has 0 aliphatic carbocycles. The minimum atomic E-state index is -4.61. The van der Waals surface area contributed by atoms with Crippen LogP contribution in [0.3, 0.4) is 0 Å². The van der Waals surface area contributed by atoms with Gasteiger partial charge in [0.15, 0.2) is 0 Å². The number of carboxylic acid groups (broad SMARTS) is 4. The summed E-state index contributed by atoms with van der Waals surface area (Å²) in [5.41, 5.74) is -3.22. The van der Waals surface area contributed by atoms with Gasteiger partial charge in [0.2, 0.25) is 0 Å². The van der Waals surface area contributed by atoms with Gasteiger partial charge in [0, 0.05) is 22.3 Å². The van der Waals surface area contributed by atoms with Crippen LogP contribution in [0, 0.1) is 0 Å². The summed E-state index contributed by atoms with van der Waals surface area (Å²) in [6.07, 6.45) is 0. The zero-order valence-corrected chi connectivity index (χ0v) is 20.9. The van der Waals surface area contributed by atoms with Crippen LogP contribution in [-0.2, 0) is 20.2 Å². The molecule has 0 bridgehead atoms. The van der Waals surface area contributed by atoms with Crippen molar-refractivity contribution in [2.24, 2.45) is 0 Å². The van der Waals surface area contributed by atoms with Crippen molar-refractivity contribution in [1.82, 2.24) is 0 Å². The number of carbonyl (C=O) groups excluding carboxylic acids is 4. The molecule has 172 valence electrons. The summed E-state index contributed by atoms with van der Waals surface area (Å²) in [5, 5.41) is 42.0. The summed E-state index contributed by atoms with van der Waals surface area (Å²) >= 11 is 0. The minimum absolute atomic E-state index is 0. The van der Waals surface area contributed by atoms with E-state index >= 15 is 0 Å². The van der Waals surface area contributed by atoms with Gasteiger partial charge in [-0.05, 0) is 24.3 Å². The van der Waals surface area contributed by atoms with Crippen molar-refractivity contribution < 1.29 is 65.5 Å². The molecule has 14 nitrogen and oxygen atoms in total. The van der Waals surface area contributed by atoms with Crippen molar-refractivity contribution in [2.75, 3.05) is 0 Å². The first-order valence-corrected chi connectivity index (χ1v) is 10.4. The first kappa shape index (κ1) is 33.8. The Bertz CT molecular complexity index is 1230. The van der Waals surface area contributed by atoms with E-state index in [1.165, 1.54) is 0 Å². The summed E-state index contributed by atoms with van der Waals surface area (Å²) in [6.45, 7) is 0. The molecule has 2 N–H and O–H groups in total. The maximum Gasteiger partial charge on any atom is 2.00 e. The van der Waals surface area contributed by atoms with Gasteiger partial charge in [-0.1, -0.05) is 12.1 Å². The fourth-order valence-corrected chi connectivity index (χ4v) is 3.07. The van der Waals surface area contributed by atoms with Gasteiger partial charge >= 0.3 is 46.1 Å². The Labute approximate surface area is 223 Å². The molecule has 18 heteroatoms. The van der Waals surface area contributed by atoms with E-state index in [1.807, 2.05) is 0 Å². The Balaban J connectivity index is 0. The quantitative estimate of drug-likeness (QED) is 0.257. The van der Waals surface area contributed by atoms with Crippen LogP contribution >= 0.6 is 0 Å². The van der Waals surface area contributed by atoms with Gasteiger partial charge in [-0.2, -0.15) is 16.8 Å². The van der Waals surface area contributed by atoms with Crippen LogP contribution in [0.1, 0.15) is 41.4 Å². The molecule has 0 amide bonds. The summed E-state index contributed by atoms with van der Waals surface area (Å²) in [7, 11) is -9.21. The van der Waals surface area contributed by atoms with Crippen molar-refractivity contribution in [3.05, 3.63) is 58.7 Å². The first-order chi connectivity index (χ1) is 14.5. The molecule has 0 aromatic heterocycles. The van der Waals surface area contributed by atoms with Crippen LogP contribution < -0.4 is 20.4 Å². The number of carbonyl (C=O) groups is 4. The molecule has 0 fully saturated rings. The van der Waals surface area contributed by atoms with E-state index in [0.717, 1.165) is 12.1 Å². The molecule has 0 unspecified atom stereocenters. The third kappa shape index (κ3) is 9.14. The van der Waals surface area contributed by atoms with Crippen LogP contribution in [0.5, 0.6) is 0 Å². The second-order valence-corrected chi connectivity index (χ2v) is 8.36. The molecule has 0 aliphatic heterocycles. The van der Waals surface area contributed by atoms with Crippen LogP contribution in [-0.4, -0.2) is 95.9 Å². The van der Waals surface area contributed by atoms with Crippen LogP contribution in [0.4, 0.5) is 0 Å². The predicted octanol–water partition coefficient (Wildman–Crippen LogP) is -5.44.